The molecule has 0 saturated heterocycles. The molecular weight excluding hydrogens is 220 g/mol. The van der Waals surface area contributed by atoms with Gasteiger partial charge in [0, 0.05) is 18.3 Å². The predicted molar refractivity (Wildman–Crippen MR) is 66.6 cm³/mol. The molecule has 0 radical (unpaired) electrons. The first-order valence-corrected chi connectivity index (χ1v) is 6.93. The van der Waals surface area contributed by atoms with Crippen molar-refractivity contribution in [3.05, 3.63) is 6.33 Å². The molecule has 1 fully saturated rings. The van der Waals surface area contributed by atoms with Crippen molar-refractivity contribution in [2.24, 2.45) is 7.05 Å². The Morgan fingerprint density at radius 3 is 3.12 bits per heavy atom. The summed E-state index contributed by atoms with van der Waals surface area (Å²) in [7, 11) is 2.01. The molecule has 2 atom stereocenters. The second-order valence-corrected chi connectivity index (χ2v) is 5.58. The van der Waals surface area contributed by atoms with Gasteiger partial charge in [-0.15, -0.1) is 10.2 Å². The van der Waals surface area contributed by atoms with Gasteiger partial charge in [-0.1, -0.05) is 25.1 Å². The van der Waals surface area contributed by atoms with Gasteiger partial charge >= 0.3 is 0 Å². The molecule has 2 rings (SSSR count). The fourth-order valence-corrected chi connectivity index (χ4v) is 3.40. The first-order valence-electron chi connectivity index (χ1n) is 6.05. The molecule has 1 heterocycles. The number of nitrogens with zero attached hydrogens (tertiary/aromatic N) is 3. The molecule has 1 aromatic heterocycles. The van der Waals surface area contributed by atoms with Gasteiger partial charge in [0.2, 0.25) is 0 Å². The van der Waals surface area contributed by atoms with E-state index in [1.165, 1.54) is 25.7 Å². The Bertz CT molecular complexity index is 326. The van der Waals surface area contributed by atoms with Gasteiger partial charge in [0.25, 0.3) is 0 Å². The normalized spacial score (nSPS) is 25.1. The van der Waals surface area contributed by atoms with Crippen molar-refractivity contribution < 1.29 is 0 Å². The van der Waals surface area contributed by atoms with E-state index in [1.54, 1.807) is 6.33 Å². The molecule has 0 aromatic carbocycles. The van der Waals surface area contributed by atoms with Gasteiger partial charge in [-0.25, -0.2) is 0 Å². The van der Waals surface area contributed by atoms with Crippen LogP contribution in [-0.4, -0.2) is 32.6 Å². The van der Waals surface area contributed by atoms with E-state index in [-0.39, 0.29) is 0 Å². The highest BCUT2D eigenvalue weighted by Gasteiger charge is 2.28. The lowest BCUT2D eigenvalue weighted by atomic mass is 10.2. The van der Waals surface area contributed by atoms with Crippen LogP contribution >= 0.6 is 11.8 Å². The van der Waals surface area contributed by atoms with Crippen LogP contribution < -0.4 is 5.32 Å². The Morgan fingerprint density at radius 1 is 1.56 bits per heavy atom. The zero-order valence-electron chi connectivity index (χ0n) is 10.0. The Balaban J connectivity index is 1.91. The van der Waals surface area contributed by atoms with Gasteiger partial charge < -0.3 is 9.88 Å². The Kier molecular flexibility index (Phi) is 4.23. The second-order valence-electron chi connectivity index (χ2n) is 4.37. The third kappa shape index (κ3) is 2.77. The third-order valence-electron chi connectivity index (χ3n) is 3.04. The summed E-state index contributed by atoms with van der Waals surface area (Å²) in [4.78, 5) is 0. The number of hydrogen-bond acceptors (Lipinski definition) is 4. The lowest BCUT2D eigenvalue weighted by Gasteiger charge is -2.19. The summed E-state index contributed by atoms with van der Waals surface area (Å²) in [6, 6.07) is 0.654. The second kappa shape index (κ2) is 5.68. The summed E-state index contributed by atoms with van der Waals surface area (Å²) in [6.07, 6.45) is 6.90. The van der Waals surface area contributed by atoms with Gasteiger partial charge in [0.15, 0.2) is 5.16 Å². The minimum atomic E-state index is 0.654. The molecule has 1 aliphatic rings. The summed E-state index contributed by atoms with van der Waals surface area (Å²) >= 11 is 1.87. The molecule has 0 amide bonds. The molecule has 90 valence electrons. The maximum absolute atomic E-state index is 4.14. The largest absolute Gasteiger partial charge is 0.313 e. The van der Waals surface area contributed by atoms with Crippen LogP contribution in [0.3, 0.4) is 0 Å². The van der Waals surface area contributed by atoms with Gasteiger partial charge in [-0.05, 0) is 25.8 Å². The topological polar surface area (TPSA) is 42.7 Å². The Morgan fingerprint density at radius 2 is 2.44 bits per heavy atom. The molecule has 1 aliphatic carbocycles. The molecule has 1 saturated carbocycles. The highest BCUT2D eigenvalue weighted by atomic mass is 32.2. The van der Waals surface area contributed by atoms with Crippen molar-refractivity contribution in [3.63, 3.8) is 0 Å². The van der Waals surface area contributed by atoms with Gasteiger partial charge in [0.1, 0.15) is 6.33 Å². The van der Waals surface area contributed by atoms with E-state index in [9.17, 15) is 0 Å². The van der Waals surface area contributed by atoms with E-state index in [4.69, 9.17) is 0 Å². The van der Waals surface area contributed by atoms with Gasteiger partial charge in [-0.3, -0.25) is 0 Å². The summed E-state index contributed by atoms with van der Waals surface area (Å²) in [6.45, 7) is 3.34. The third-order valence-corrected chi connectivity index (χ3v) is 4.48. The fraction of sp³-hybridized carbons (Fsp3) is 0.818. The molecule has 4 nitrogen and oxygen atoms in total. The fourth-order valence-electron chi connectivity index (χ4n) is 2.15. The first kappa shape index (κ1) is 11.9. The summed E-state index contributed by atoms with van der Waals surface area (Å²) < 4.78 is 2.00. The van der Waals surface area contributed by atoms with Crippen LogP contribution in [0.2, 0.25) is 0 Å². The zero-order valence-corrected chi connectivity index (χ0v) is 10.8. The van der Waals surface area contributed by atoms with Crippen LogP contribution in [0.5, 0.6) is 0 Å². The van der Waals surface area contributed by atoms with Crippen molar-refractivity contribution in [2.45, 2.75) is 49.1 Å². The number of thioether (sulfide) groups is 1. The molecule has 16 heavy (non-hydrogen) atoms. The van der Waals surface area contributed by atoms with Crippen LogP contribution in [0.15, 0.2) is 11.5 Å². The van der Waals surface area contributed by atoms with Crippen LogP contribution in [0, 0.1) is 0 Å². The Hall–Kier alpha value is -0.550. The van der Waals surface area contributed by atoms with Crippen molar-refractivity contribution in [2.75, 3.05) is 6.54 Å². The van der Waals surface area contributed by atoms with Crippen molar-refractivity contribution in [1.29, 1.82) is 0 Å². The maximum atomic E-state index is 4.14. The highest BCUT2D eigenvalue weighted by molar-refractivity contribution is 7.99. The zero-order chi connectivity index (χ0) is 11.4. The number of aryl methyl sites for hydroxylation is 1. The van der Waals surface area contributed by atoms with Crippen LogP contribution in [0.1, 0.15) is 32.6 Å². The van der Waals surface area contributed by atoms with Crippen molar-refractivity contribution >= 4 is 11.8 Å². The van der Waals surface area contributed by atoms with E-state index >= 15 is 0 Å². The lowest BCUT2D eigenvalue weighted by molar-refractivity contribution is 0.530. The van der Waals surface area contributed by atoms with Crippen LogP contribution in [0.25, 0.3) is 0 Å². The average Bonchev–Trinajstić information content (AvgIpc) is 2.87. The highest BCUT2D eigenvalue weighted by Crippen LogP contribution is 2.33. The predicted octanol–water partition coefficient (Wildman–Crippen LogP) is 1.83. The first-order chi connectivity index (χ1) is 7.81. The minimum Gasteiger partial charge on any atom is -0.313 e. The van der Waals surface area contributed by atoms with E-state index in [0.29, 0.717) is 11.3 Å². The SMILES string of the molecule is CCCNC1CCCC1Sc1nncn1C. The van der Waals surface area contributed by atoms with Crippen LogP contribution in [0.4, 0.5) is 0 Å². The van der Waals surface area contributed by atoms with E-state index in [1.807, 2.05) is 23.4 Å². The van der Waals surface area contributed by atoms with E-state index in [0.717, 1.165) is 11.7 Å². The minimum absolute atomic E-state index is 0.654. The molecule has 1 aromatic rings. The summed E-state index contributed by atoms with van der Waals surface area (Å²) in [5, 5.41) is 13.4. The van der Waals surface area contributed by atoms with Crippen LogP contribution in [-0.2, 0) is 7.05 Å². The monoisotopic (exact) mass is 240 g/mol. The number of nitrogens with one attached hydrogen (secondary N) is 1. The average molecular weight is 240 g/mol. The molecule has 0 bridgehead atoms. The molecule has 0 aliphatic heterocycles. The van der Waals surface area contributed by atoms with Gasteiger partial charge in [-0.2, -0.15) is 0 Å². The van der Waals surface area contributed by atoms with Gasteiger partial charge in [0.05, 0.1) is 0 Å². The number of rotatable bonds is 5. The summed E-state index contributed by atoms with van der Waals surface area (Å²) in [5.41, 5.74) is 0. The molecule has 2 unspecified atom stereocenters. The molecule has 1 N–H and O–H groups in total. The maximum Gasteiger partial charge on any atom is 0.191 e. The van der Waals surface area contributed by atoms with Crippen molar-refractivity contribution in [3.8, 4) is 0 Å². The quantitative estimate of drug-likeness (QED) is 0.852. The lowest BCUT2D eigenvalue weighted by Crippen LogP contribution is -2.34. The molecular formula is C11H20N4S. The number of aromatic nitrogens is 3. The smallest absolute Gasteiger partial charge is 0.191 e. The van der Waals surface area contributed by atoms with E-state index < -0.39 is 0 Å². The summed E-state index contributed by atoms with van der Waals surface area (Å²) in [5.74, 6) is 0. The molecule has 5 heteroatoms. The number of hydrogen-bond donors (Lipinski definition) is 1. The molecule has 0 spiro atoms. The van der Waals surface area contributed by atoms with Crippen molar-refractivity contribution in [1.82, 2.24) is 20.1 Å². The standard InChI is InChI=1S/C11H20N4S/c1-3-7-12-9-5-4-6-10(9)16-11-14-13-8-15(11)2/h8-10,12H,3-7H2,1-2H3. The Labute approximate surface area is 101 Å². The van der Waals surface area contributed by atoms with E-state index in [2.05, 4.69) is 22.4 Å².